The van der Waals surface area contributed by atoms with Crippen molar-refractivity contribution < 1.29 is 45.6 Å². The number of hydrogen-bond acceptors (Lipinski definition) is 7. The molecule has 0 aromatic rings. The number of ether oxygens (including phenoxy) is 3. The molecule has 0 aromatic heterocycles. The lowest BCUT2D eigenvalue weighted by molar-refractivity contribution is -0.168. The van der Waals surface area contributed by atoms with Crippen molar-refractivity contribution in [2.75, 3.05) is 13.2 Å². The predicted octanol–water partition coefficient (Wildman–Crippen LogP) is -0.659. The van der Waals surface area contributed by atoms with Crippen molar-refractivity contribution in [3.05, 3.63) is 0 Å². The van der Waals surface area contributed by atoms with E-state index < -0.39 is 52.0 Å². The molecule has 0 aliphatic carbocycles. The Balaban J connectivity index is 1.96. The molecule has 11 heteroatoms. The molecule has 0 spiro atoms. The van der Waals surface area contributed by atoms with Gasteiger partial charge in [-0.25, -0.2) is 4.79 Å². The summed E-state index contributed by atoms with van der Waals surface area (Å²) in [4.78, 5) is 22.3. The second kappa shape index (κ2) is 4.90. The maximum atomic E-state index is 12.9. The first-order chi connectivity index (χ1) is 9.14. The third-order valence-corrected chi connectivity index (χ3v) is 3.83. The summed E-state index contributed by atoms with van der Waals surface area (Å²) >= 11 is 0. The van der Waals surface area contributed by atoms with Crippen LogP contribution in [0.2, 0.25) is 0 Å². The highest BCUT2D eigenvalue weighted by atomic mass is 32.2. The van der Waals surface area contributed by atoms with Gasteiger partial charge >= 0.3 is 27.3 Å². The van der Waals surface area contributed by atoms with Crippen molar-refractivity contribution in [2.24, 2.45) is 5.92 Å². The van der Waals surface area contributed by atoms with Crippen LogP contribution in [0.5, 0.6) is 0 Å². The lowest BCUT2D eigenvalue weighted by Crippen LogP contribution is -2.41. The number of esters is 2. The van der Waals surface area contributed by atoms with E-state index in [-0.39, 0.29) is 6.61 Å². The van der Waals surface area contributed by atoms with Crippen molar-refractivity contribution in [1.82, 2.24) is 0 Å². The van der Waals surface area contributed by atoms with Gasteiger partial charge in [0.05, 0.1) is 5.92 Å². The largest absolute Gasteiger partial charge is 0.465 e. The van der Waals surface area contributed by atoms with E-state index in [0.717, 1.165) is 0 Å². The van der Waals surface area contributed by atoms with Crippen LogP contribution < -0.4 is 0 Å². The van der Waals surface area contributed by atoms with Crippen molar-refractivity contribution >= 4 is 22.1 Å². The number of halogens is 2. The molecule has 2 aliphatic rings. The minimum Gasteiger partial charge on any atom is -0.456 e. The van der Waals surface area contributed by atoms with Crippen molar-refractivity contribution in [1.29, 1.82) is 0 Å². The molecule has 0 aromatic carbocycles. The molecule has 0 bridgehead atoms. The zero-order valence-electron chi connectivity index (χ0n) is 9.82. The third-order valence-electron chi connectivity index (χ3n) is 3.01. The van der Waals surface area contributed by atoms with Crippen molar-refractivity contribution in [3.63, 3.8) is 0 Å². The normalized spacial score (nSPS) is 29.9. The molecule has 0 saturated carbocycles. The summed E-state index contributed by atoms with van der Waals surface area (Å²) < 4.78 is 68.7. The molecule has 2 fully saturated rings. The number of carbonyl (C=O) groups excluding carboxylic acids is 2. The summed E-state index contributed by atoms with van der Waals surface area (Å²) in [5.74, 6) is -3.58. The molecule has 2 aliphatic heterocycles. The second-order valence-corrected chi connectivity index (χ2v) is 5.76. The van der Waals surface area contributed by atoms with Gasteiger partial charge in [-0.1, -0.05) is 0 Å². The number of fused-ring (bicyclic) bond motifs is 1. The van der Waals surface area contributed by atoms with Crippen LogP contribution in [-0.2, 0) is 33.9 Å². The van der Waals surface area contributed by atoms with Gasteiger partial charge in [0, 0.05) is 6.61 Å². The molecule has 2 rings (SSSR count). The number of cyclic esters (lactones) is 1. The minimum absolute atomic E-state index is 0.288. The first-order valence-corrected chi connectivity index (χ1v) is 6.93. The van der Waals surface area contributed by atoms with Crippen LogP contribution in [-0.4, -0.2) is 55.6 Å². The van der Waals surface area contributed by atoms with E-state index in [1.165, 1.54) is 0 Å². The summed E-state index contributed by atoms with van der Waals surface area (Å²) in [6, 6.07) is 0. The maximum absolute atomic E-state index is 12.9. The Labute approximate surface area is 111 Å². The summed E-state index contributed by atoms with van der Waals surface area (Å²) in [6.45, 7) is -0.493. The van der Waals surface area contributed by atoms with Gasteiger partial charge in [0.15, 0.2) is 6.10 Å². The number of alkyl halides is 2. The summed E-state index contributed by atoms with van der Waals surface area (Å²) in [5.41, 5.74) is 0. The van der Waals surface area contributed by atoms with Crippen molar-refractivity contribution in [3.8, 4) is 0 Å². The standard InChI is InChI=1S/C9H10F2O8S/c10-9(11,20(14,15)16)8(13)18-3-5-6-4(1-2-17-6)7(12)19-5/h4-6H,1-3H2,(H,14,15,16). The molecule has 0 radical (unpaired) electrons. The molecule has 0 amide bonds. The maximum Gasteiger partial charge on any atom is 0.465 e. The molecule has 20 heavy (non-hydrogen) atoms. The van der Waals surface area contributed by atoms with E-state index in [4.69, 9.17) is 14.0 Å². The Morgan fingerprint density at radius 3 is 2.75 bits per heavy atom. The monoisotopic (exact) mass is 316 g/mol. The topological polar surface area (TPSA) is 116 Å². The molecule has 8 nitrogen and oxygen atoms in total. The zero-order chi connectivity index (χ0) is 15.1. The fourth-order valence-corrected chi connectivity index (χ4v) is 2.28. The van der Waals surface area contributed by atoms with Crippen LogP contribution in [0.3, 0.4) is 0 Å². The van der Waals surface area contributed by atoms with Crippen LogP contribution >= 0.6 is 0 Å². The first-order valence-electron chi connectivity index (χ1n) is 5.49. The Bertz CT molecular complexity index is 530. The lowest BCUT2D eigenvalue weighted by Gasteiger charge is -2.17. The summed E-state index contributed by atoms with van der Waals surface area (Å²) in [5, 5.41) is -5.08. The van der Waals surface area contributed by atoms with E-state index in [9.17, 15) is 26.8 Å². The SMILES string of the molecule is O=C1OC(COC(=O)C(F)(F)S(=O)(=O)O)C2OCCC12. The van der Waals surface area contributed by atoms with Gasteiger partial charge in [0.2, 0.25) is 0 Å². The van der Waals surface area contributed by atoms with Crippen LogP contribution in [0.4, 0.5) is 8.78 Å². The number of rotatable bonds is 4. The molecular weight excluding hydrogens is 306 g/mol. The highest BCUT2D eigenvalue weighted by molar-refractivity contribution is 7.87. The molecule has 3 unspecified atom stereocenters. The minimum atomic E-state index is -5.92. The van der Waals surface area contributed by atoms with Gasteiger partial charge in [-0.15, -0.1) is 0 Å². The lowest BCUT2D eigenvalue weighted by atomic mass is 10.0. The molecule has 1 N–H and O–H groups in total. The molecule has 2 heterocycles. The van der Waals surface area contributed by atoms with Gasteiger partial charge in [0.25, 0.3) is 0 Å². The highest BCUT2D eigenvalue weighted by Crippen LogP contribution is 2.33. The van der Waals surface area contributed by atoms with Gasteiger partial charge < -0.3 is 14.2 Å². The van der Waals surface area contributed by atoms with Crippen molar-refractivity contribution in [2.45, 2.75) is 23.9 Å². The van der Waals surface area contributed by atoms with Crippen LogP contribution in [0.15, 0.2) is 0 Å². The fourth-order valence-electron chi connectivity index (χ4n) is 2.01. The van der Waals surface area contributed by atoms with E-state index in [1.807, 2.05) is 0 Å². The third kappa shape index (κ3) is 2.47. The summed E-state index contributed by atoms with van der Waals surface area (Å²) in [7, 11) is -5.92. The number of carbonyl (C=O) groups is 2. The predicted molar refractivity (Wildman–Crippen MR) is 55.2 cm³/mol. The molecule has 114 valence electrons. The van der Waals surface area contributed by atoms with Crippen LogP contribution in [0.25, 0.3) is 0 Å². The smallest absolute Gasteiger partial charge is 0.456 e. The molecular formula is C9H10F2O8S. The van der Waals surface area contributed by atoms with E-state index in [2.05, 4.69) is 4.74 Å². The Kier molecular flexibility index (Phi) is 3.69. The second-order valence-electron chi connectivity index (χ2n) is 4.30. The first kappa shape index (κ1) is 15.1. The van der Waals surface area contributed by atoms with Gasteiger partial charge in [-0.05, 0) is 6.42 Å². The average Bonchev–Trinajstić information content (AvgIpc) is 2.89. The molecule has 2 saturated heterocycles. The van der Waals surface area contributed by atoms with E-state index in [1.54, 1.807) is 0 Å². The van der Waals surface area contributed by atoms with E-state index >= 15 is 0 Å². The van der Waals surface area contributed by atoms with Gasteiger partial charge in [-0.3, -0.25) is 9.35 Å². The Hall–Kier alpha value is -1.33. The van der Waals surface area contributed by atoms with Crippen LogP contribution in [0.1, 0.15) is 6.42 Å². The van der Waals surface area contributed by atoms with Gasteiger partial charge in [0.1, 0.15) is 12.7 Å². The fraction of sp³-hybridized carbons (Fsp3) is 0.778. The quantitative estimate of drug-likeness (QED) is 0.537. The van der Waals surface area contributed by atoms with Crippen LogP contribution in [0, 0.1) is 5.92 Å². The Morgan fingerprint density at radius 2 is 2.15 bits per heavy atom. The van der Waals surface area contributed by atoms with Gasteiger partial charge in [-0.2, -0.15) is 17.2 Å². The summed E-state index contributed by atoms with van der Waals surface area (Å²) in [6.07, 6.45) is -1.37. The van der Waals surface area contributed by atoms with E-state index in [0.29, 0.717) is 6.42 Å². The Morgan fingerprint density at radius 1 is 1.50 bits per heavy atom. The molecule has 3 atom stereocenters. The zero-order valence-corrected chi connectivity index (χ0v) is 10.6. The highest BCUT2D eigenvalue weighted by Gasteiger charge is 2.55. The number of hydrogen-bond donors (Lipinski definition) is 1. The average molecular weight is 316 g/mol.